The summed E-state index contributed by atoms with van der Waals surface area (Å²) in [5.74, 6) is -0.533. The molecule has 1 aliphatic heterocycles. The Morgan fingerprint density at radius 1 is 1.44 bits per heavy atom. The van der Waals surface area contributed by atoms with Gasteiger partial charge in [0.1, 0.15) is 5.82 Å². The van der Waals surface area contributed by atoms with Crippen LogP contribution in [0.2, 0.25) is 0 Å². The van der Waals surface area contributed by atoms with E-state index in [-0.39, 0.29) is 24.7 Å². The van der Waals surface area contributed by atoms with E-state index in [1.807, 2.05) is 0 Å². The number of β-amino-alcohol motifs (C(OH)–C–C–N with tert-alkyl or cyclic N) is 1. The fourth-order valence-electron chi connectivity index (χ4n) is 3.12. The van der Waals surface area contributed by atoms with Crippen molar-refractivity contribution in [2.75, 3.05) is 39.4 Å². The first-order chi connectivity index (χ1) is 11.9. The van der Waals surface area contributed by atoms with Crippen molar-refractivity contribution in [3.63, 3.8) is 0 Å². The minimum Gasteiger partial charge on any atom is -0.387 e. The highest BCUT2D eigenvalue weighted by molar-refractivity contribution is 5.88. The first-order valence-corrected chi connectivity index (χ1v) is 8.48. The molecule has 0 radical (unpaired) electrons. The van der Waals surface area contributed by atoms with Crippen molar-refractivity contribution < 1.29 is 19.0 Å². The molecule has 0 saturated carbocycles. The number of halogens is 1. The summed E-state index contributed by atoms with van der Waals surface area (Å²) in [7, 11) is 0. The quantitative estimate of drug-likeness (QED) is 0.729. The molecule has 1 fully saturated rings. The molecule has 1 amide bonds. The predicted octanol–water partition coefficient (Wildman–Crippen LogP) is 1.05. The van der Waals surface area contributed by atoms with Gasteiger partial charge in [-0.2, -0.15) is 0 Å². The number of fused-ring (bicyclic) bond motifs is 1. The molecule has 25 heavy (non-hydrogen) atoms. The van der Waals surface area contributed by atoms with Gasteiger partial charge in [0.05, 0.1) is 25.2 Å². The number of aromatic nitrogens is 1. The minimum absolute atomic E-state index is 0.136. The van der Waals surface area contributed by atoms with Crippen LogP contribution in [0.4, 0.5) is 4.39 Å². The maximum absolute atomic E-state index is 13.4. The Balaban J connectivity index is 1.53. The zero-order valence-electron chi connectivity index (χ0n) is 14.3. The molecule has 6 nitrogen and oxygen atoms in total. The van der Waals surface area contributed by atoms with Crippen LogP contribution >= 0.6 is 0 Å². The van der Waals surface area contributed by atoms with Gasteiger partial charge in [-0.05, 0) is 30.7 Å². The van der Waals surface area contributed by atoms with Gasteiger partial charge in [0.2, 0.25) is 5.91 Å². The van der Waals surface area contributed by atoms with E-state index in [9.17, 15) is 14.3 Å². The topological polar surface area (TPSA) is 77.6 Å². The van der Waals surface area contributed by atoms with E-state index in [4.69, 9.17) is 4.74 Å². The smallest absolute Gasteiger partial charge is 0.224 e. The normalized spacial score (nSPS) is 18.2. The number of morpholine rings is 1. The molecule has 1 aromatic heterocycles. The van der Waals surface area contributed by atoms with E-state index in [1.165, 1.54) is 12.1 Å². The molecule has 1 saturated heterocycles. The van der Waals surface area contributed by atoms with Crippen LogP contribution in [-0.2, 0) is 16.0 Å². The highest BCUT2D eigenvalue weighted by Crippen LogP contribution is 2.19. The molecular formula is C18H24FN3O3. The Bertz CT molecular complexity index is 738. The van der Waals surface area contributed by atoms with Crippen LogP contribution in [0.15, 0.2) is 24.4 Å². The van der Waals surface area contributed by atoms with E-state index in [0.29, 0.717) is 25.1 Å². The number of aromatic amines is 1. The lowest BCUT2D eigenvalue weighted by atomic mass is 10.1. The monoisotopic (exact) mass is 349 g/mol. The van der Waals surface area contributed by atoms with E-state index in [2.05, 4.69) is 15.2 Å². The number of nitrogens with one attached hydrogen (secondary N) is 2. The van der Waals surface area contributed by atoms with Crippen molar-refractivity contribution >= 4 is 16.8 Å². The van der Waals surface area contributed by atoms with Gasteiger partial charge in [-0.25, -0.2) is 4.39 Å². The molecule has 0 aliphatic carbocycles. The predicted molar refractivity (Wildman–Crippen MR) is 92.9 cm³/mol. The second-order valence-corrected chi connectivity index (χ2v) is 6.84. The molecule has 1 aliphatic rings. The van der Waals surface area contributed by atoms with Gasteiger partial charge in [0, 0.05) is 43.3 Å². The molecule has 1 atom stereocenters. The number of amides is 1. The van der Waals surface area contributed by atoms with Crippen molar-refractivity contribution in [1.29, 1.82) is 0 Å². The van der Waals surface area contributed by atoms with Gasteiger partial charge in [-0.3, -0.25) is 9.69 Å². The van der Waals surface area contributed by atoms with Crippen LogP contribution in [0.1, 0.15) is 12.5 Å². The first-order valence-electron chi connectivity index (χ1n) is 8.48. The number of carbonyl (C=O) groups is 1. The maximum Gasteiger partial charge on any atom is 0.224 e. The van der Waals surface area contributed by atoms with Crippen molar-refractivity contribution in [2.45, 2.75) is 18.9 Å². The van der Waals surface area contributed by atoms with E-state index < -0.39 is 5.60 Å². The number of carbonyl (C=O) groups excluding carboxylic acids is 1. The number of ether oxygens (including phenoxy) is 1. The molecule has 2 heterocycles. The van der Waals surface area contributed by atoms with Crippen LogP contribution < -0.4 is 5.32 Å². The minimum atomic E-state index is -1.01. The number of hydrogen-bond acceptors (Lipinski definition) is 4. The Hall–Kier alpha value is -1.96. The number of benzene rings is 1. The number of rotatable bonds is 6. The number of hydrogen-bond donors (Lipinski definition) is 3. The molecule has 1 unspecified atom stereocenters. The summed E-state index contributed by atoms with van der Waals surface area (Å²) in [6.07, 6.45) is 1.85. The van der Waals surface area contributed by atoms with E-state index >= 15 is 0 Å². The second kappa shape index (κ2) is 7.51. The van der Waals surface area contributed by atoms with E-state index in [0.717, 1.165) is 24.2 Å². The van der Waals surface area contributed by atoms with Crippen LogP contribution in [0.25, 0.3) is 10.9 Å². The van der Waals surface area contributed by atoms with Gasteiger partial charge in [0.15, 0.2) is 0 Å². The largest absolute Gasteiger partial charge is 0.387 e. The zero-order valence-corrected chi connectivity index (χ0v) is 14.3. The van der Waals surface area contributed by atoms with Crippen molar-refractivity contribution in [1.82, 2.24) is 15.2 Å². The van der Waals surface area contributed by atoms with Crippen molar-refractivity contribution in [2.24, 2.45) is 0 Å². The lowest BCUT2D eigenvalue weighted by Gasteiger charge is -2.33. The zero-order chi connectivity index (χ0) is 17.9. The molecule has 2 aromatic rings. The lowest BCUT2D eigenvalue weighted by Crippen LogP contribution is -2.51. The standard InChI is InChI=1S/C18H24FN3O3/c1-18(24,12-22-4-6-25-7-5-22)11-21-17(23)8-13-10-20-16-3-2-14(19)9-15(13)16/h2-3,9-10,20,24H,4-8,11-12H2,1H3,(H,21,23). The molecule has 136 valence electrons. The second-order valence-electron chi connectivity index (χ2n) is 6.84. The van der Waals surface area contributed by atoms with Crippen LogP contribution in [0.5, 0.6) is 0 Å². The summed E-state index contributed by atoms with van der Waals surface area (Å²) in [5, 5.41) is 14.0. The molecule has 3 N–H and O–H groups in total. The highest BCUT2D eigenvalue weighted by atomic mass is 19.1. The number of H-pyrrole nitrogens is 1. The summed E-state index contributed by atoms with van der Waals surface area (Å²) < 4.78 is 18.7. The molecular weight excluding hydrogens is 325 g/mol. The van der Waals surface area contributed by atoms with Crippen molar-refractivity contribution in [3.05, 3.63) is 35.8 Å². The fraction of sp³-hybridized carbons (Fsp3) is 0.500. The Morgan fingerprint density at radius 3 is 2.96 bits per heavy atom. The SMILES string of the molecule is CC(O)(CNC(=O)Cc1c[nH]c2ccc(F)cc12)CN1CCOCC1. The average molecular weight is 349 g/mol. The molecule has 7 heteroatoms. The van der Waals surface area contributed by atoms with Crippen LogP contribution in [-0.4, -0.2) is 65.9 Å². The highest BCUT2D eigenvalue weighted by Gasteiger charge is 2.26. The van der Waals surface area contributed by atoms with Gasteiger partial charge >= 0.3 is 0 Å². The molecule has 3 rings (SSSR count). The van der Waals surface area contributed by atoms with Crippen LogP contribution in [0.3, 0.4) is 0 Å². The fourth-order valence-corrected chi connectivity index (χ4v) is 3.12. The summed E-state index contributed by atoms with van der Waals surface area (Å²) in [6, 6.07) is 4.45. The Morgan fingerprint density at radius 2 is 2.20 bits per heavy atom. The third-order valence-corrected chi connectivity index (χ3v) is 4.41. The lowest BCUT2D eigenvalue weighted by molar-refractivity contribution is -0.121. The first kappa shape index (κ1) is 17.8. The number of nitrogens with zero attached hydrogens (tertiary/aromatic N) is 1. The van der Waals surface area contributed by atoms with Gasteiger partial charge in [-0.15, -0.1) is 0 Å². The third kappa shape index (κ3) is 4.78. The number of aliphatic hydroxyl groups is 1. The summed E-state index contributed by atoms with van der Waals surface area (Å²) >= 11 is 0. The van der Waals surface area contributed by atoms with Crippen LogP contribution in [0, 0.1) is 5.82 Å². The summed E-state index contributed by atoms with van der Waals surface area (Å²) in [4.78, 5) is 17.4. The molecule has 0 bridgehead atoms. The summed E-state index contributed by atoms with van der Waals surface area (Å²) in [6.45, 7) is 5.26. The third-order valence-electron chi connectivity index (χ3n) is 4.41. The molecule has 0 spiro atoms. The Labute approximate surface area is 146 Å². The Kier molecular flexibility index (Phi) is 5.36. The van der Waals surface area contributed by atoms with Crippen molar-refractivity contribution in [3.8, 4) is 0 Å². The average Bonchev–Trinajstić information content (AvgIpc) is 2.96. The summed E-state index contributed by atoms with van der Waals surface area (Å²) in [5.41, 5.74) is 0.516. The van der Waals surface area contributed by atoms with Gasteiger partial charge in [-0.1, -0.05) is 0 Å². The van der Waals surface area contributed by atoms with Gasteiger partial charge in [0.25, 0.3) is 0 Å². The van der Waals surface area contributed by atoms with Gasteiger partial charge < -0.3 is 20.1 Å². The van der Waals surface area contributed by atoms with E-state index in [1.54, 1.807) is 19.2 Å². The maximum atomic E-state index is 13.4. The molecule has 1 aromatic carbocycles.